The van der Waals surface area contributed by atoms with Crippen molar-refractivity contribution in [3.8, 4) is 11.8 Å². The van der Waals surface area contributed by atoms with E-state index in [0.29, 0.717) is 0 Å². The average molecular weight is 193 g/mol. The van der Waals surface area contributed by atoms with Crippen molar-refractivity contribution in [2.24, 2.45) is 11.8 Å². The molecule has 3 atom stereocenters. The highest BCUT2D eigenvalue weighted by Gasteiger charge is 2.23. The molecule has 1 nitrogen and oxygen atoms in total. The molecule has 1 aliphatic carbocycles. The van der Waals surface area contributed by atoms with E-state index in [9.17, 15) is 0 Å². The van der Waals surface area contributed by atoms with Crippen LogP contribution in [0, 0.1) is 23.7 Å². The minimum Gasteiger partial charge on any atom is -0.313 e. The van der Waals surface area contributed by atoms with Crippen LogP contribution in [0.1, 0.15) is 46.5 Å². The number of rotatable bonds is 3. The fourth-order valence-electron chi connectivity index (χ4n) is 2.20. The fourth-order valence-corrected chi connectivity index (χ4v) is 2.20. The molecule has 1 aliphatic rings. The van der Waals surface area contributed by atoms with Gasteiger partial charge in [0.1, 0.15) is 0 Å². The third-order valence-corrected chi connectivity index (χ3v) is 3.46. The largest absolute Gasteiger partial charge is 0.313 e. The molecular weight excluding hydrogens is 170 g/mol. The van der Waals surface area contributed by atoms with E-state index in [4.69, 9.17) is 0 Å². The summed E-state index contributed by atoms with van der Waals surface area (Å²) in [7, 11) is 0. The molecule has 0 bridgehead atoms. The number of nitrogens with one attached hydrogen (secondary N) is 1. The van der Waals surface area contributed by atoms with Gasteiger partial charge in [0.15, 0.2) is 0 Å². The van der Waals surface area contributed by atoms with E-state index in [1.807, 2.05) is 6.92 Å². The lowest BCUT2D eigenvalue weighted by atomic mass is 9.79. The maximum Gasteiger partial charge on any atom is 0.0214 e. The van der Waals surface area contributed by atoms with Gasteiger partial charge in [-0.05, 0) is 38.0 Å². The van der Waals surface area contributed by atoms with Crippen LogP contribution < -0.4 is 5.32 Å². The molecule has 0 aromatic rings. The minimum atomic E-state index is 0.750. The number of hydrogen-bond donors (Lipinski definition) is 1. The van der Waals surface area contributed by atoms with E-state index in [-0.39, 0.29) is 0 Å². The van der Waals surface area contributed by atoms with Gasteiger partial charge in [-0.2, -0.15) is 0 Å². The first-order valence-electron chi connectivity index (χ1n) is 5.87. The summed E-state index contributed by atoms with van der Waals surface area (Å²) in [4.78, 5) is 0. The van der Waals surface area contributed by atoms with Gasteiger partial charge in [-0.15, -0.1) is 11.8 Å². The lowest BCUT2D eigenvalue weighted by Crippen LogP contribution is -2.36. The SMILES string of the molecule is CC#CCCNC1CCC(C)C(C)C1. The van der Waals surface area contributed by atoms with Gasteiger partial charge in [-0.25, -0.2) is 0 Å². The van der Waals surface area contributed by atoms with Gasteiger partial charge in [-0.3, -0.25) is 0 Å². The average Bonchev–Trinajstić information content (AvgIpc) is 2.18. The van der Waals surface area contributed by atoms with Crippen LogP contribution in [0.5, 0.6) is 0 Å². The second-order valence-corrected chi connectivity index (χ2v) is 4.60. The van der Waals surface area contributed by atoms with E-state index < -0.39 is 0 Å². The number of hydrogen-bond acceptors (Lipinski definition) is 1. The van der Waals surface area contributed by atoms with Gasteiger partial charge in [0.25, 0.3) is 0 Å². The van der Waals surface area contributed by atoms with Crippen LogP contribution in [0.15, 0.2) is 0 Å². The van der Waals surface area contributed by atoms with Gasteiger partial charge in [0.05, 0.1) is 0 Å². The monoisotopic (exact) mass is 193 g/mol. The Kier molecular flexibility index (Phi) is 5.04. The first-order valence-corrected chi connectivity index (χ1v) is 5.87. The molecule has 0 saturated heterocycles. The van der Waals surface area contributed by atoms with Crippen LogP contribution >= 0.6 is 0 Å². The molecule has 0 spiro atoms. The molecule has 0 amide bonds. The van der Waals surface area contributed by atoms with E-state index in [1.54, 1.807) is 0 Å². The third kappa shape index (κ3) is 3.72. The maximum absolute atomic E-state index is 3.60. The molecule has 0 aliphatic heterocycles. The van der Waals surface area contributed by atoms with Crippen molar-refractivity contribution in [1.29, 1.82) is 0 Å². The van der Waals surface area contributed by atoms with Crippen molar-refractivity contribution in [3.05, 3.63) is 0 Å². The molecule has 0 radical (unpaired) electrons. The molecule has 1 heteroatoms. The Morgan fingerprint density at radius 2 is 2.00 bits per heavy atom. The highest BCUT2D eigenvalue weighted by atomic mass is 14.9. The summed E-state index contributed by atoms with van der Waals surface area (Å²) >= 11 is 0. The Morgan fingerprint density at radius 1 is 1.21 bits per heavy atom. The van der Waals surface area contributed by atoms with Crippen LogP contribution in [0.2, 0.25) is 0 Å². The van der Waals surface area contributed by atoms with Crippen LogP contribution in [-0.2, 0) is 0 Å². The second-order valence-electron chi connectivity index (χ2n) is 4.60. The van der Waals surface area contributed by atoms with Crippen molar-refractivity contribution in [1.82, 2.24) is 5.32 Å². The Morgan fingerprint density at radius 3 is 2.64 bits per heavy atom. The van der Waals surface area contributed by atoms with Gasteiger partial charge in [-0.1, -0.05) is 13.8 Å². The molecule has 1 saturated carbocycles. The lowest BCUT2D eigenvalue weighted by Gasteiger charge is -2.32. The van der Waals surface area contributed by atoms with Crippen molar-refractivity contribution < 1.29 is 0 Å². The summed E-state index contributed by atoms with van der Waals surface area (Å²) in [6.07, 6.45) is 5.08. The van der Waals surface area contributed by atoms with Crippen molar-refractivity contribution in [3.63, 3.8) is 0 Å². The van der Waals surface area contributed by atoms with E-state index in [2.05, 4.69) is 31.0 Å². The van der Waals surface area contributed by atoms with E-state index in [1.165, 1.54) is 19.3 Å². The lowest BCUT2D eigenvalue weighted by molar-refractivity contribution is 0.227. The van der Waals surface area contributed by atoms with Crippen molar-refractivity contribution in [2.45, 2.75) is 52.5 Å². The highest BCUT2D eigenvalue weighted by Crippen LogP contribution is 2.29. The first kappa shape index (κ1) is 11.6. The topological polar surface area (TPSA) is 12.0 Å². The molecular formula is C13H23N. The third-order valence-electron chi connectivity index (χ3n) is 3.46. The highest BCUT2D eigenvalue weighted by molar-refractivity contribution is 4.95. The Bertz CT molecular complexity index is 211. The molecule has 1 N–H and O–H groups in total. The van der Waals surface area contributed by atoms with E-state index >= 15 is 0 Å². The summed E-state index contributed by atoms with van der Waals surface area (Å²) < 4.78 is 0. The Balaban J connectivity index is 2.15. The Labute approximate surface area is 88.7 Å². The molecule has 0 aromatic heterocycles. The van der Waals surface area contributed by atoms with Crippen LogP contribution in [0.4, 0.5) is 0 Å². The van der Waals surface area contributed by atoms with Crippen LogP contribution in [-0.4, -0.2) is 12.6 Å². The summed E-state index contributed by atoms with van der Waals surface area (Å²) in [5.41, 5.74) is 0. The molecule has 1 rings (SSSR count). The van der Waals surface area contributed by atoms with Gasteiger partial charge in [0, 0.05) is 19.0 Å². The van der Waals surface area contributed by atoms with Gasteiger partial charge >= 0.3 is 0 Å². The zero-order valence-electron chi connectivity index (χ0n) is 9.77. The van der Waals surface area contributed by atoms with Crippen LogP contribution in [0.25, 0.3) is 0 Å². The quantitative estimate of drug-likeness (QED) is 0.537. The fraction of sp³-hybridized carbons (Fsp3) is 0.846. The zero-order chi connectivity index (χ0) is 10.4. The Hall–Kier alpha value is -0.480. The first-order chi connectivity index (χ1) is 6.74. The standard InChI is InChI=1S/C13H23N/c1-4-5-6-9-14-13-8-7-11(2)12(3)10-13/h11-14H,6-10H2,1-3H3. The predicted molar refractivity (Wildman–Crippen MR) is 62.0 cm³/mol. The second kappa shape index (κ2) is 6.09. The molecule has 80 valence electrons. The van der Waals surface area contributed by atoms with Gasteiger partial charge < -0.3 is 5.32 Å². The maximum atomic E-state index is 3.60. The summed E-state index contributed by atoms with van der Waals surface area (Å²) in [6.45, 7) is 7.73. The molecule has 0 heterocycles. The van der Waals surface area contributed by atoms with Crippen molar-refractivity contribution in [2.75, 3.05) is 6.54 Å². The summed E-state index contributed by atoms with van der Waals surface area (Å²) in [5, 5.41) is 3.60. The molecule has 3 unspecified atom stereocenters. The molecule has 1 fully saturated rings. The normalized spacial score (nSPS) is 32.1. The van der Waals surface area contributed by atoms with Gasteiger partial charge in [0.2, 0.25) is 0 Å². The van der Waals surface area contributed by atoms with Crippen LogP contribution in [0.3, 0.4) is 0 Å². The van der Waals surface area contributed by atoms with E-state index in [0.717, 1.165) is 30.8 Å². The zero-order valence-corrected chi connectivity index (χ0v) is 9.77. The summed E-state index contributed by atoms with van der Waals surface area (Å²) in [5.74, 6) is 7.83. The molecule has 14 heavy (non-hydrogen) atoms. The minimum absolute atomic E-state index is 0.750. The molecule has 0 aromatic carbocycles. The van der Waals surface area contributed by atoms with Crippen molar-refractivity contribution >= 4 is 0 Å². The predicted octanol–water partition coefficient (Wildman–Crippen LogP) is 2.81. The smallest absolute Gasteiger partial charge is 0.0214 e. The summed E-state index contributed by atoms with van der Waals surface area (Å²) in [6, 6.07) is 0.750.